The number of carbonyl (C=O) groups is 1. The molecule has 4 heteroatoms. The monoisotopic (exact) mass is 419 g/mol. The Bertz CT molecular complexity index is 769. The highest BCUT2D eigenvalue weighted by Crippen LogP contribution is 2.34. The summed E-state index contributed by atoms with van der Waals surface area (Å²) in [5, 5.41) is 3.42. The lowest BCUT2D eigenvalue weighted by atomic mass is 9.79. The van der Waals surface area contributed by atoms with Crippen molar-refractivity contribution in [2.45, 2.75) is 50.5 Å². The van der Waals surface area contributed by atoms with Crippen LogP contribution in [0.15, 0.2) is 60.7 Å². The first-order valence-corrected chi connectivity index (χ1v) is 12.1. The van der Waals surface area contributed by atoms with E-state index in [2.05, 4.69) is 46.3 Å². The predicted octanol–water partition coefficient (Wildman–Crippen LogP) is 4.28. The van der Waals surface area contributed by atoms with Gasteiger partial charge in [-0.15, -0.1) is 0 Å². The Balaban J connectivity index is 1.51. The molecule has 1 amide bonds. The summed E-state index contributed by atoms with van der Waals surface area (Å²) in [4.78, 5) is 18.8. The highest BCUT2D eigenvalue weighted by molar-refractivity contribution is 5.87. The van der Waals surface area contributed by atoms with Crippen LogP contribution in [-0.4, -0.2) is 60.5 Å². The summed E-state index contributed by atoms with van der Waals surface area (Å²) in [5.41, 5.74) is 2.23. The van der Waals surface area contributed by atoms with E-state index in [4.69, 9.17) is 0 Å². The summed E-state index contributed by atoms with van der Waals surface area (Å²) >= 11 is 0. The Hall–Kier alpha value is -2.17. The number of hydrogen-bond donors (Lipinski definition) is 1. The molecule has 1 N–H and O–H groups in total. The summed E-state index contributed by atoms with van der Waals surface area (Å²) in [6.45, 7) is 8.65. The Kier molecular flexibility index (Phi) is 7.41. The third-order valence-corrected chi connectivity index (χ3v) is 7.39. The molecule has 0 spiro atoms. The van der Waals surface area contributed by atoms with Crippen LogP contribution in [0, 0.1) is 0 Å². The molecule has 2 aliphatic rings. The first kappa shape index (κ1) is 22.0. The molecule has 2 fully saturated rings. The molecule has 1 aliphatic carbocycles. The van der Waals surface area contributed by atoms with Crippen LogP contribution in [0.4, 0.5) is 0 Å². The van der Waals surface area contributed by atoms with Crippen molar-refractivity contribution in [3.05, 3.63) is 71.8 Å². The maximum Gasteiger partial charge on any atom is 0.232 e. The maximum absolute atomic E-state index is 13.6. The van der Waals surface area contributed by atoms with E-state index in [0.29, 0.717) is 0 Å². The molecule has 4 rings (SSSR count). The van der Waals surface area contributed by atoms with Gasteiger partial charge in [-0.05, 0) is 30.5 Å². The standard InChI is InChI=1S/C27H37N3O/c1-2-29-18-20-30(21-19-29)27(16-10-5-11-17-27)22-28-26(31)25(23-12-6-3-7-13-23)24-14-8-4-9-15-24/h3-4,6-9,12-15,25H,2,5,10-11,16-22H2,1H3,(H,28,31). The van der Waals surface area contributed by atoms with Crippen LogP contribution in [0.1, 0.15) is 56.1 Å². The fourth-order valence-electron chi connectivity index (χ4n) is 5.49. The lowest BCUT2D eigenvalue weighted by Gasteiger charge is -2.50. The fourth-order valence-corrected chi connectivity index (χ4v) is 5.49. The molecular weight excluding hydrogens is 382 g/mol. The first-order chi connectivity index (χ1) is 15.2. The fraction of sp³-hybridized carbons (Fsp3) is 0.519. The second-order valence-corrected chi connectivity index (χ2v) is 9.18. The van der Waals surface area contributed by atoms with Gasteiger partial charge in [0.25, 0.3) is 0 Å². The van der Waals surface area contributed by atoms with Crippen LogP contribution in [0.3, 0.4) is 0 Å². The molecule has 166 valence electrons. The first-order valence-electron chi connectivity index (χ1n) is 12.1. The van der Waals surface area contributed by atoms with E-state index in [1.54, 1.807) is 0 Å². The topological polar surface area (TPSA) is 35.6 Å². The van der Waals surface area contributed by atoms with Gasteiger partial charge in [0, 0.05) is 38.3 Å². The van der Waals surface area contributed by atoms with Crippen molar-refractivity contribution in [1.29, 1.82) is 0 Å². The summed E-state index contributed by atoms with van der Waals surface area (Å²) in [6.07, 6.45) is 6.25. The molecule has 0 bridgehead atoms. The van der Waals surface area contributed by atoms with Crippen molar-refractivity contribution in [2.24, 2.45) is 0 Å². The van der Waals surface area contributed by atoms with Crippen LogP contribution in [0.5, 0.6) is 0 Å². The lowest BCUT2D eigenvalue weighted by molar-refractivity contribution is -0.122. The second-order valence-electron chi connectivity index (χ2n) is 9.18. The Labute approximate surface area is 187 Å². The number of hydrogen-bond acceptors (Lipinski definition) is 3. The Morgan fingerprint density at radius 3 is 1.94 bits per heavy atom. The molecule has 31 heavy (non-hydrogen) atoms. The number of nitrogens with one attached hydrogen (secondary N) is 1. The Morgan fingerprint density at radius 2 is 1.42 bits per heavy atom. The van der Waals surface area contributed by atoms with Crippen molar-refractivity contribution in [3.63, 3.8) is 0 Å². The summed E-state index contributed by atoms with van der Waals surface area (Å²) in [7, 11) is 0. The minimum absolute atomic E-state index is 0.117. The number of amides is 1. The zero-order valence-electron chi connectivity index (χ0n) is 18.9. The van der Waals surface area contributed by atoms with Crippen molar-refractivity contribution in [3.8, 4) is 0 Å². The maximum atomic E-state index is 13.6. The van der Waals surface area contributed by atoms with E-state index in [0.717, 1.165) is 50.4 Å². The average Bonchev–Trinajstić information content (AvgIpc) is 2.85. The number of nitrogens with zero attached hydrogens (tertiary/aromatic N) is 2. The van der Waals surface area contributed by atoms with Gasteiger partial charge in [0.15, 0.2) is 0 Å². The third kappa shape index (κ3) is 5.19. The van der Waals surface area contributed by atoms with E-state index in [1.165, 1.54) is 32.1 Å². The quantitative estimate of drug-likeness (QED) is 0.728. The highest BCUT2D eigenvalue weighted by atomic mass is 16.1. The largest absolute Gasteiger partial charge is 0.353 e. The molecule has 2 aromatic carbocycles. The minimum atomic E-state index is -0.264. The molecule has 0 unspecified atom stereocenters. The molecule has 0 radical (unpaired) electrons. The third-order valence-electron chi connectivity index (χ3n) is 7.39. The van der Waals surface area contributed by atoms with Crippen LogP contribution >= 0.6 is 0 Å². The van der Waals surface area contributed by atoms with E-state index < -0.39 is 0 Å². The van der Waals surface area contributed by atoms with Crippen molar-refractivity contribution < 1.29 is 4.79 Å². The minimum Gasteiger partial charge on any atom is -0.353 e. The molecule has 0 aromatic heterocycles. The van der Waals surface area contributed by atoms with E-state index in [9.17, 15) is 4.79 Å². The van der Waals surface area contributed by atoms with Gasteiger partial charge in [0.05, 0.1) is 5.92 Å². The van der Waals surface area contributed by atoms with Crippen LogP contribution in [0.2, 0.25) is 0 Å². The second kappa shape index (κ2) is 10.4. The van der Waals surface area contributed by atoms with E-state index in [-0.39, 0.29) is 17.4 Å². The lowest BCUT2D eigenvalue weighted by Crippen LogP contribution is -2.62. The zero-order valence-corrected chi connectivity index (χ0v) is 18.9. The van der Waals surface area contributed by atoms with Crippen LogP contribution in [0.25, 0.3) is 0 Å². The zero-order chi connectivity index (χ0) is 21.5. The normalized spacial score (nSPS) is 19.9. The molecule has 1 saturated heterocycles. The molecule has 4 nitrogen and oxygen atoms in total. The van der Waals surface area contributed by atoms with Gasteiger partial charge in [0.1, 0.15) is 0 Å². The Morgan fingerprint density at radius 1 is 0.871 bits per heavy atom. The summed E-state index contributed by atoms with van der Waals surface area (Å²) in [6, 6.07) is 20.4. The predicted molar refractivity (Wildman–Crippen MR) is 127 cm³/mol. The average molecular weight is 420 g/mol. The van der Waals surface area contributed by atoms with Crippen LogP contribution in [-0.2, 0) is 4.79 Å². The molecular formula is C27H37N3O. The van der Waals surface area contributed by atoms with Crippen LogP contribution < -0.4 is 5.32 Å². The molecule has 1 aliphatic heterocycles. The summed E-state index contributed by atoms with van der Waals surface area (Å²) in [5.74, 6) is -0.144. The summed E-state index contributed by atoms with van der Waals surface area (Å²) < 4.78 is 0. The smallest absolute Gasteiger partial charge is 0.232 e. The molecule has 0 atom stereocenters. The number of piperazine rings is 1. The number of benzene rings is 2. The highest BCUT2D eigenvalue weighted by Gasteiger charge is 2.40. The van der Waals surface area contributed by atoms with Crippen molar-refractivity contribution >= 4 is 5.91 Å². The molecule has 1 saturated carbocycles. The van der Waals surface area contributed by atoms with Gasteiger partial charge in [-0.2, -0.15) is 0 Å². The van der Waals surface area contributed by atoms with Crippen molar-refractivity contribution in [1.82, 2.24) is 15.1 Å². The van der Waals surface area contributed by atoms with Gasteiger partial charge in [-0.25, -0.2) is 0 Å². The SMILES string of the molecule is CCN1CCN(C2(CNC(=O)C(c3ccccc3)c3ccccc3)CCCCC2)CC1. The van der Waals surface area contributed by atoms with E-state index >= 15 is 0 Å². The number of likely N-dealkylation sites (N-methyl/N-ethyl adjacent to an activating group) is 1. The van der Waals surface area contributed by atoms with Gasteiger partial charge >= 0.3 is 0 Å². The van der Waals surface area contributed by atoms with Gasteiger partial charge in [-0.1, -0.05) is 86.8 Å². The molecule has 1 heterocycles. The van der Waals surface area contributed by atoms with Crippen molar-refractivity contribution in [2.75, 3.05) is 39.3 Å². The van der Waals surface area contributed by atoms with E-state index in [1.807, 2.05) is 36.4 Å². The van der Waals surface area contributed by atoms with Gasteiger partial charge in [0.2, 0.25) is 5.91 Å². The van der Waals surface area contributed by atoms with Gasteiger partial charge < -0.3 is 10.2 Å². The van der Waals surface area contributed by atoms with Gasteiger partial charge in [-0.3, -0.25) is 9.69 Å². The number of rotatable bonds is 7. The number of carbonyl (C=O) groups excluding carboxylic acids is 1. The molecule has 2 aromatic rings.